The van der Waals surface area contributed by atoms with Crippen molar-refractivity contribution in [1.82, 2.24) is 15.5 Å². The topological polar surface area (TPSA) is 105 Å². The Kier molecular flexibility index (Phi) is 3.18. The van der Waals surface area contributed by atoms with Crippen molar-refractivity contribution in [2.45, 2.75) is 19.1 Å². The first-order valence-electron chi connectivity index (χ1n) is 5.06. The van der Waals surface area contributed by atoms with E-state index in [1.165, 1.54) is 0 Å². The normalized spacial score (nSPS) is 21.2. The number of aromatic nitrogens is 1. The second kappa shape index (κ2) is 4.60. The van der Waals surface area contributed by atoms with Crippen molar-refractivity contribution in [2.75, 3.05) is 13.1 Å². The highest BCUT2D eigenvalue weighted by Crippen LogP contribution is 2.13. The maximum absolute atomic E-state index is 11.1. The minimum Gasteiger partial charge on any atom is -0.392 e. The van der Waals surface area contributed by atoms with Gasteiger partial charge in [0.05, 0.1) is 12.6 Å². The molecule has 88 valence electrons. The Labute approximate surface area is 92.2 Å². The summed E-state index contributed by atoms with van der Waals surface area (Å²) in [6.45, 7) is 1.99. The molecule has 0 aromatic carbocycles. The van der Waals surface area contributed by atoms with Crippen LogP contribution < -0.4 is 11.3 Å². The van der Waals surface area contributed by atoms with Gasteiger partial charge in [-0.2, -0.15) is 0 Å². The lowest BCUT2D eigenvalue weighted by molar-refractivity contribution is 0.0944. The van der Waals surface area contributed by atoms with Crippen LogP contribution in [-0.2, 0) is 6.54 Å². The lowest BCUT2D eigenvalue weighted by Gasteiger charge is -2.11. The van der Waals surface area contributed by atoms with Gasteiger partial charge in [-0.3, -0.25) is 15.1 Å². The first-order valence-corrected chi connectivity index (χ1v) is 5.06. The minimum atomic E-state index is -0.476. The van der Waals surface area contributed by atoms with Crippen LogP contribution in [-0.4, -0.2) is 40.3 Å². The molecule has 0 spiro atoms. The molecule has 16 heavy (non-hydrogen) atoms. The molecule has 1 saturated heterocycles. The molecule has 0 bridgehead atoms. The fourth-order valence-corrected chi connectivity index (χ4v) is 1.74. The van der Waals surface area contributed by atoms with Crippen molar-refractivity contribution < 1.29 is 14.4 Å². The highest BCUT2D eigenvalue weighted by atomic mass is 16.5. The van der Waals surface area contributed by atoms with Crippen LogP contribution in [0.3, 0.4) is 0 Å². The van der Waals surface area contributed by atoms with E-state index < -0.39 is 5.91 Å². The van der Waals surface area contributed by atoms with Crippen LogP contribution in [0.2, 0.25) is 0 Å². The summed E-state index contributed by atoms with van der Waals surface area (Å²) in [7, 11) is 0. The number of hydrogen-bond donors (Lipinski definition) is 3. The molecule has 7 nitrogen and oxygen atoms in total. The van der Waals surface area contributed by atoms with Gasteiger partial charge < -0.3 is 9.63 Å². The number of β-amino-alcohol motifs (C(OH)–C–C–N with tert-alkyl or cyclic N) is 1. The van der Waals surface area contributed by atoms with E-state index in [-0.39, 0.29) is 11.8 Å². The number of nitrogens with one attached hydrogen (secondary N) is 1. The number of rotatable bonds is 3. The Hall–Kier alpha value is -1.44. The molecule has 2 rings (SSSR count). The minimum absolute atomic E-state index is 0.164. The molecule has 0 radical (unpaired) electrons. The van der Waals surface area contributed by atoms with Crippen LogP contribution in [0.4, 0.5) is 0 Å². The van der Waals surface area contributed by atoms with Crippen LogP contribution in [0.5, 0.6) is 0 Å². The highest BCUT2D eigenvalue weighted by Gasteiger charge is 2.22. The van der Waals surface area contributed by atoms with Gasteiger partial charge in [-0.05, 0) is 6.42 Å². The van der Waals surface area contributed by atoms with Crippen LogP contribution in [0.1, 0.15) is 22.7 Å². The van der Waals surface area contributed by atoms with E-state index in [2.05, 4.69) is 5.16 Å². The quantitative estimate of drug-likeness (QED) is 0.341. The first-order chi connectivity index (χ1) is 7.69. The van der Waals surface area contributed by atoms with Gasteiger partial charge in [-0.1, -0.05) is 5.16 Å². The number of aliphatic hydroxyl groups excluding tert-OH is 1. The lowest BCUT2D eigenvalue weighted by Crippen LogP contribution is -2.30. The van der Waals surface area contributed by atoms with Crippen LogP contribution >= 0.6 is 0 Å². The van der Waals surface area contributed by atoms with Crippen LogP contribution in [0.25, 0.3) is 0 Å². The van der Waals surface area contributed by atoms with Crippen molar-refractivity contribution in [2.24, 2.45) is 5.84 Å². The second-order valence-corrected chi connectivity index (χ2v) is 3.83. The molecule has 4 N–H and O–H groups in total. The standard InChI is InChI=1S/C9H14N4O3/c10-11-9(15)8-3-7(16-12-8)5-13-2-1-6(14)4-13/h3,6,14H,1-2,4-5,10H2,(H,11,15). The largest absolute Gasteiger partial charge is 0.392 e. The van der Waals surface area contributed by atoms with Gasteiger partial charge in [0.2, 0.25) is 0 Å². The van der Waals surface area contributed by atoms with Gasteiger partial charge in [-0.25, -0.2) is 5.84 Å². The van der Waals surface area contributed by atoms with E-state index in [1.807, 2.05) is 10.3 Å². The molecule has 0 aliphatic carbocycles. The molecule has 1 aliphatic rings. The Balaban J connectivity index is 1.95. The van der Waals surface area contributed by atoms with Gasteiger partial charge in [0, 0.05) is 19.2 Å². The van der Waals surface area contributed by atoms with Crippen molar-refractivity contribution in [1.29, 1.82) is 0 Å². The molecule has 0 saturated carbocycles. The third-order valence-electron chi connectivity index (χ3n) is 2.55. The molecule has 7 heteroatoms. The molecular weight excluding hydrogens is 212 g/mol. The Morgan fingerprint density at radius 2 is 2.62 bits per heavy atom. The third-order valence-corrected chi connectivity index (χ3v) is 2.55. The number of likely N-dealkylation sites (tertiary alicyclic amines) is 1. The number of carbonyl (C=O) groups is 1. The second-order valence-electron chi connectivity index (χ2n) is 3.83. The smallest absolute Gasteiger partial charge is 0.287 e. The van der Waals surface area contributed by atoms with Crippen molar-refractivity contribution in [3.8, 4) is 0 Å². The zero-order valence-corrected chi connectivity index (χ0v) is 8.72. The molecule has 1 aromatic heterocycles. The lowest BCUT2D eigenvalue weighted by atomic mass is 10.3. The molecular formula is C9H14N4O3. The van der Waals surface area contributed by atoms with Crippen molar-refractivity contribution in [3.05, 3.63) is 17.5 Å². The Morgan fingerprint density at radius 3 is 3.25 bits per heavy atom. The summed E-state index contributed by atoms with van der Waals surface area (Å²) in [6, 6.07) is 1.55. The zero-order valence-electron chi connectivity index (χ0n) is 8.72. The van der Waals surface area contributed by atoms with Crippen molar-refractivity contribution >= 4 is 5.91 Å². The predicted molar refractivity (Wildman–Crippen MR) is 54.1 cm³/mol. The average molecular weight is 226 g/mol. The number of nitrogens with zero attached hydrogens (tertiary/aromatic N) is 2. The van der Waals surface area contributed by atoms with Gasteiger partial charge >= 0.3 is 0 Å². The summed E-state index contributed by atoms with van der Waals surface area (Å²) in [6.07, 6.45) is 0.499. The van der Waals surface area contributed by atoms with Crippen LogP contribution in [0, 0.1) is 0 Å². The van der Waals surface area contributed by atoms with E-state index >= 15 is 0 Å². The summed E-state index contributed by atoms with van der Waals surface area (Å²) >= 11 is 0. The average Bonchev–Trinajstić information content (AvgIpc) is 2.87. The van der Waals surface area contributed by atoms with E-state index in [1.54, 1.807) is 6.07 Å². The predicted octanol–water partition coefficient (Wildman–Crippen LogP) is -1.16. The SMILES string of the molecule is NNC(=O)c1cc(CN2CCC(O)C2)on1. The Bertz CT molecular complexity index is 379. The molecule has 1 atom stereocenters. The Morgan fingerprint density at radius 1 is 1.81 bits per heavy atom. The van der Waals surface area contributed by atoms with E-state index in [0.29, 0.717) is 18.8 Å². The summed E-state index contributed by atoms with van der Waals surface area (Å²) in [5.74, 6) is 5.09. The summed E-state index contributed by atoms with van der Waals surface area (Å²) in [4.78, 5) is 13.1. The van der Waals surface area contributed by atoms with E-state index in [4.69, 9.17) is 10.4 Å². The number of hydrogen-bond acceptors (Lipinski definition) is 6. The number of nitrogens with two attached hydrogens (primary N) is 1. The third kappa shape index (κ3) is 2.38. The van der Waals surface area contributed by atoms with Crippen LogP contribution in [0.15, 0.2) is 10.6 Å². The van der Waals surface area contributed by atoms with Gasteiger partial charge in [0.25, 0.3) is 5.91 Å². The molecule has 1 aromatic rings. The van der Waals surface area contributed by atoms with Gasteiger partial charge in [0.15, 0.2) is 11.5 Å². The van der Waals surface area contributed by atoms with Crippen molar-refractivity contribution in [3.63, 3.8) is 0 Å². The number of hydrazine groups is 1. The van der Waals surface area contributed by atoms with E-state index in [0.717, 1.165) is 13.0 Å². The summed E-state index contributed by atoms with van der Waals surface area (Å²) in [5.41, 5.74) is 2.14. The molecule has 1 amide bonds. The number of carbonyl (C=O) groups excluding carboxylic acids is 1. The number of aliphatic hydroxyl groups is 1. The fraction of sp³-hybridized carbons (Fsp3) is 0.556. The molecule has 1 unspecified atom stereocenters. The maximum atomic E-state index is 11.1. The molecule has 1 aliphatic heterocycles. The molecule has 2 heterocycles. The molecule has 1 fully saturated rings. The summed E-state index contributed by atoms with van der Waals surface area (Å²) in [5, 5.41) is 12.9. The monoisotopic (exact) mass is 226 g/mol. The fourth-order valence-electron chi connectivity index (χ4n) is 1.74. The zero-order chi connectivity index (χ0) is 11.5. The number of amides is 1. The first kappa shape index (κ1) is 11.1. The summed E-state index contributed by atoms with van der Waals surface area (Å²) < 4.78 is 5.00. The number of nitrogen functional groups attached to an aromatic ring is 1. The van der Waals surface area contributed by atoms with Gasteiger partial charge in [-0.15, -0.1) is 0 Å². The van der Waals surface area contributed by atoms with Gasteiger partial charge in [0.1, 0.15) is 0 Å². The highest BCUT2D eigenvalue weighted by molar-refractivity contribution is 5.91. The maximum Gasteiger partial charge on any atom is 0.287 e. The van der Waals surface area contributed by atoms with E-state index in [9.17, 15) is 9.90 Å².